The van der Waals surface area contributed by atoms with Crippen LogP contribution in [-0.2, 0) is 16.6 Å². The van der Waals surface area contributed by atoms with Gasteiger partial charge in [0.2, 0.25) is 11.5 Å². The van der Waals surface area contributed by atoms with Gasteiger partial charge in [-0.15, -0.1) is 0 Å². The van der Waals surface area contributed by atoms with E-state index in [4.69, 9.17) is 4.74 Å². The predicted octanol–water partition coefficient (Wildman–Crippen LogP) is 3.72. The number of carbonyl (C=O) groups is 2. The first kappa shape index (κ1) is 24.6. The molecule has 33 heavy (non-hydrogen) atoms. The number of nitrogens with zero attached hydrogens (tertiary/aromatic N) is 3. The molecule has 13 heteroatoms. The number of hydrogen-bond donors (Lipinski definition) is 2. The fourth-order valence-corrected chi connectivity index (χ4v) is 3.79. The fourth-order valence-electron chi connectivity index (χ4n) is 2.81. The Hall–Kier alpha value is -3.09. The number of alkyl halides is 3. The van der Waals surface area contributed by atoms with E-state index in [1.54, 1.807) is 24.5 Å². The lowest BCUT2D eigenvalue weighted by Crippen LogP contribution is -2.44. The molecule has 0 aliphatic carbocycles. The average Bonchev–Trinajstić information content (AvgIpc) is 3.10. The van der Waals surface area contributed by atoms with Crippen molar-refractivity contribution in [1.82, 2.24) is 14.9 Å². The van der Waals surface area contributed by atoms with E-state index < -0.39 is 17.9 Å². The highest BCUT2D eigenvalue weighted by atomic mass is 32.2. The van der Waals surface area contributed by atoms with Crippen LogP contribution in [0.5, 0.6) is 5.75 Å². The standard InChI is InChI=1S/C20H24F3N5O4S/c1-12(29)25-10-14-11-28(33-17-24-7-8-27(17)4)15-9-13(5-6-16(15)31-14)26-18(30)32-19(2,3)20(21,22)23/h5-9,14H,10-11H2,1-4H3,(H,25,29)(H,26,30)/t14-/m0/s1. The monoisotopic (exact) mass is 487 g/mol. The second kappa shape index (κ2) is 9.41. The van der Waals surface area contributed by atoms with E-state index >= 15 is 0 Å². The van der Waals surface area contributed by atoms with Gasteiger partial charge in [0, 0.05) is 44.0 Å². The minimum atomic E-state index is -4.72. The van der Waals surface area contributed by atoms with E-state index in [0.29, 0.717) is 23.1 Å². The molecular formula is C20H24F3N5O4S. The number of carbonyl (C=O) groups excluding carboxylic acids is 2. The molecule has 180 valence electrons. The summed E-state index contributed by atoms with van der Waals surface area (Å²) >= 11 is 1.32. The zero-order valence-corrected chi connectivity index (χ0v) is 19.2. The van der Waals surface area contributed by atoms with Gasteiger partial charge in [0.05, 0.1) is 18.8 Å². The van der Waals surface area contributed by atoms with Crippen LogP contribution in [0.25, 0.3) is 0 Å². The number of benzene rings is 1. The SMILES string of the molecule is CC(=O)NC[C@H]1CN(Sc2nccn2C)c2cc(NC(=O)OC(C)(C)C(F)(F)F)ccc2O1. The van der Waals surface area contributed by atoms with E-state index in [9.17, 15) is 22.8 Å². The van der Waals surface area contributed by atoms with Crippen molar-refractivity contribution in [3.63, 3.8) is 0 Å². The lowest BCUT2D eigenvalue weighted by atomic mass is 10.1. The normalized spacial score (nSPS) is 16.0. The van der Waals surface area contributed by atoms with E-state index in [0.717, 1.165) is 13.8 Å². The van der Waals surface area contributed by atoms with Crippen LogP contribution in [0.1, 0.15) is 20.8 Å². The molecule has 0 radical (unpaired) electrons. The molecule has 0 unspecified atom stereocenters. The molecule has 1 atom stereocenters. The Kier molecular flexibility index (Phi) is 7.00. The van der Waals surface area contributed by atoms with Gasteiger partial charge in [-0.2, -0.15) is 13.2 Å². The molecule has 0 bridgehead atoms. The summed E-state index contributed by atoms with van der Waals surface area (Å²) in [7, 11) is 1.84. The van der Waals surface area contributed by atoms with Gasteiger partial charge in [0.25, 0.3) is 0 Å². The van der Waals surface area contributed by atoms with Gasteiger partial charge in [-0.3, -0.25) is 10.1 Å². The third kappa shape index (κ3) is 6.03. The van der Waals surface area contributed by atoms with Crippen LogP contribution >= 0.6 is 11.9 Å². The van der Waals surface area contributed by atoms with Crippen LogP contribution in [0.3, 0.4) is 0 Å². The number of fused-ring (bicyclic) bond motifs is 1. The zero-order valence-electron chi connectivity index (χ0n) is 18.4. The Morgan fingerprint density at radius 2 is 2.06 bits per heavy atom. The second-order valence-corrected chi connectivity index (χ2v) is 8.84. The number of nitrogens with one attached hydrogen (secondary N) is 2. The molecule has 2 amide bonds. The molecular weight excluding hydrogens is 463 g/mol. The summed E-state index contributed by atoms with van der Waals surface area (Å²) in [5.41, 5.74) is -1.84. The summed E-state index contributed by atoms with van der Waals surface area (Å²) in [5.74, 6) is 0.292. The van der Waals surface area contributed by atoms with Crippen LogP contribution in [-0.4, -0.2) is 52.5 Å². The van der Waals surface area contributed by atoms with Crippen molar-refractivity contribution in [2.75, 3.05) is 22.7 Å². The molecule has 2 N–H and O–H groups in total. The Balaban J connectivity index is 1.81. The fraction of sp³-hybridized carbons (Fsp3) is 0.450. The number of anilines is 2. The van der Waals surface area contributed by atoms with Crippen LogP contribution in [0.2, 0.25) is 0 Å². The number of hydrogen-bond acceptors (Lipinski definition) is 7. The van der Waals surface area contributed by atoms with E-state index in [1.807, 2.05) is 15.9 Å². The minimum Gasteiger partial charge on any atom is -0.484 e. The summed E-state index contributed by atoms with van der Waals surface area (Å²) in [4.78, 5) is 27.7. The summed E-state index contributed by atoms with van der Waals surface area (Å²) in [6, 6.07) is 4.65. The van der Waals surface area contributed by atoms with Gasteiger partial charge in [0.1, 0.15) is 11.9 Å². The van der Waals surface area contributed by atoms with Crippen molar-refractivity contribution in [1.29, 1.82) is 0 Å². The molecule has 1 aromatic heterocycles. The van der Waals surface area contributed by atoms with E-state index in [2.05, 4.69) is 20.4 Å². The van der Waals surface area contributed by atoms with Gasteiger partial charge in [-0.1, -0.05) is 0 Å². The third-order valence-corrected chi connectivity index (χ3v) is 5.84. The maximum Gasteiger partial charge on any atom is 0.427 e. The minimum absolute atomic E-state index is 0.187. The van der Waals surface area contributed by atoms with Crippen LogP contribution in [0.15, 0.2) is 35.7 Å². The Morgan fingerprint density at radius 1 is 1.33 bits per heavy atom. The van der Waals surface area contributed by atoms with Crippen molar-refractivity contribution in [2.24, 2.45) is 7.05 Å². The molecule has 2 aromatic rings. The summed E-state index contributed by atoms with van der Waals surface area (Å²) in [6.45, 7) is 3.61. The number of aromatic nitrogens is 2. The highest BCUT2D eigenvalue weighted by molar-refractivity contribution is 8.00. The topological polar surface area (TPSA) is 97.7 Å². The highest BCUT2D eigenvalue weighted by Gasteiger charge is 2.51. The molecule has 2 heterocycles. The first-order chi connectivity index (χ1) is 15.4. The first-order valence-electron chi connectivity index (χ1n) is 9.90. The maximum absolute atomic E-state index is 13.0. The number of ether oxygens (including phenoxy) is 2. The Morgan fingerprint density at radius 3 is 2.67 bits per heavy atom. The van der Waals surface area contributed by atoms with Gasteiger partial charge >= 0.3 is 12.3 Å². The molecule has 1 aliphatic heterocycles. The van der Waals surface area contributed by atoms with Crippen molar-refractivity contribution in [3.05, 3.63) is 30.6 Å². The van der Waals surface area contributed by atoms with Crippen molar-refractivity contribution in [3.8, 4) is 5.75 Å². The molecule has 1 aromatic carbocycles. The number of aryl methyl sites for hydroxylation is 1. The average molecular weight is 488 g/mol. The molecule has 0 fully saturated rings. The largest absolute Gasteiger partial charge is 0.484 e. The lowest BCUT2D eigenvalue weighted by Gasteiger charge is -2.35. The smallest absolute Gasteiger partial charge is 0.427 e. The third-order valence-electron chi connectivity index (χ3n) is 4.72. The van der Waals surface area contributed by atoms with Crippen molar-refractivity contribution < 1.29 is 32.2 Å². The van der Waals surface area contributed by atoms with Crippen molar-refractivity contribution >= 4 is 35.3 Å². The molecule has 9 nitrogen and oxygen atoms in total. The van der Waals surface area contributed by atoms with Gasteiger partial charge in [0.15, 0.2) is 5.16 Å². The van der Waals surface area contributed by atoms with E-state index in [1.165, 1.54) is 24.9 Å². The number of imidazole rings is 1. The zero-order chi connectivity index (χ0) is 24.4. The number of rotatable bonds is 6. The molecule has 1 aliphatic rings. The summed E-state index contributed by atoms with van der Waals surface area (Å²) in [5, 5.41) is 5.74. The Labute approximate surface area is 192 Å². The van der Waals surface area contributed by atoms with Crippen molar-refractivity contribution in [2.45, 2.75) is 43.8 Å². The molecule has 0 spiro atoms. The van der Waals surface area contributed by atoms with Gasteiger partial charge in [-0.05, 0) is 32.0 Å². The quantitative estimate of drug-likeness (QED) is 0.600. The maximum atomic E-state index is 13.0. The van der Waals surface area contributed by atoms with Crippen LogP contribution in [0, 0.1) is 0 Å². The van der Waals surface area contributed by atoms with Gasteiger partial charge in [-0.25, -0.2) is 9.78 Å². The number of amides is 2. The summed E-state index contributed by atoms with van der Waals surface area (Å²) < 4.78 is 53.2. The first-order valence-corrected chi connectivity index (χ1v) is 10.7. The van der Waals surface area contributed by atoms with E-state index in [-0.39, 0.29) is 24.2 Å². The van der Waals surface area contributed by atoms with Gasteiger partial charge < -0.3 is 23.7 Å². The molecule has 3 rings (SSSR count). The molecule has 0 saturated heterocycles. The summed E-state index contributed by atoms with van der Waals surface area (Å²) in [6.07, 6.45) is -2.87. The predicted molar refractivity (Wildman–Crippen MR) is 116 cm³/mol. The van der Waals surface area contributed by atoms with Crippen LogP contribution in [0.4, 0.5) is 29.3 Å². The number of halogens is 3. The molecule has 0 saturated carbocycles. The lowest BCUT2D eigenvalue weighted by molar-refractivity contribution is -0.242. The highest BCUT2D eigenvalue weighted by Crippen LogP contribution is 2.41. The Bertz CT molecular complexity index is 1030. The second-order valence-electron chi connectivity index (χ2n) is 7.86. The van der Waals surface area contributed by atoms with Crippen LogP contribution < -0.4 is 19.7 Å².